The van der Waals surface area contributed by atoms with Crippen molar-refractivity contribution >= 4 is 17.7 Å². The van der Waals surface area contributed by atoms with Crippen LogP contribution in [0.1, 0.15) is 45.1 Å². The molecular weight excluding hydrogens is 280 g/mol. The molecule has 1 fully saturated rings. The number of thioether (sulfide) groups is 1. The Labute approximate surface area is 131 Å². The van der Waals surface area contributed by atoms with E-state index >= 15 is 0 Å². The molecule has 0 radical (unpaired) electrons. The van der Waals surface area contributed by atoms with E-state index in [2.05, 4.69) is 38.1 Å². The van der Waals surface area contributed by atoms with Crippen LogP contribution in [0.3, 0.4) is 0 Å². The quantitative estimate of drug-likeness (QED) is 0.885. The molecule has 3 rings (SSSR count). The van der Waals surface area contributed by atoms with E-state index in [4.69, 9.17) is 0 Å². The van der Waals surface area contributed by atoms with E-state index in [1.54, 1.807) is 0 Å². The van der Waals surface area contributed by atoms with Crippen LogP contribution in [0.2, 0.25) is 0 Å². The fraction of sp³-hybridized carbons (Fsp3) is 0.611. The molecule has 0 saturated heterocycles. The van der Waals surface area contributed by atoms with E-state index < -0.39 is 5.97 Å². The van der Waals surface area contributed by atoms with Crippen molar-refractivity contribution in [2.24, 2.45) is 17.3 Å². The summed E-state index contributed by atoms with van der Waals surface area (Å²) in [5, 5.41) is 10.1. The van der Waals surface area contributed by atoms with Crippen molar-refractivity contribution in [3.8, 4) is 0 Å². The maximum atomic E-state index is 11.6. The van der Waals surface area contributed by atoms with E-state index in [1.165, 1.54) is 10.5 Å². The van der Waals surface area contributed by atoms with Gasteiger partial charge in [-0.25, -0.2) is 0 Å². The summed E-state index contributed by atoms with van der Waals surface area (Å²) in [6.45, 7) is 4.57. The lowest BCUT2D eigenvalue weighted by atomic mass is 9.66. The van der Waals surface area contributed by atoms with Gasteiger partial charge in [0.25, 0.3) is 0 Å². The van der Waals surface area contributed by atoms with E-state index in [1.807, 2.05) is 11.8 Å². The average Bonchev–Trinajstić information content (AvgIpc) is 2.79. The first-order valence-electron chi connectivity index (χ1n) is 7.92. The molecule has 1 aromatic carbocycles. The fourth-order valence-corrected chi connectivity index (χ4v) is 5.46. The average molecular weight is 304 g/mol. The van der Waals surface area contributed by atoms with Crippen LogP contribution in [-0.4, -0.2) is 16.3 Å². The lowest BCUT2D eigenvalue weighted by Crippen LogP contribution is -2.35. The topological polar surface area (TPSA) is 37.3 Å². The van der Waals surface area contributed by atoms with E-state index in [-0.39, 0.29) is 5.92 Å². The lowest BCUT2D eigenvalue weighted by molar-refractivity contribution is -0.146. The molecule has 21 heavy (non-hydrogen) atoms. The summed E-state index contributed by atoms with van der Waals surface area (Å²) in [5.74, 6) is -0.392. The maximum Gasteiger partial charge on any atom is 0.306 e. The molecule has 1 aliphatic carbocycles. The second-order valence-corrected chi connectivity index (χ2v) is 8.74. The number of carboxylic acids is 1. The third kappa shape index (κ3) is 3.28. The summed E-state index contributed by atoms with van der Waals surface area (Å²) in [6.07, 6.45) is 5.08. The van der Waals surface area contributed by atoms with Crippen LogP contribution in [0, 0.1) is 17.3 Å². The smallest absolute Gasteiger partial charge is 0.306 e. The number of benzene rings is 1. The summed E-state index contributed by atoms with van der Waals surface area (Å²) in [4.78, 5) is 13.0. The zero-order chi connectivity index (χ0) is 15.0. The number of hydrogen-bond donors (Lipinski definition) is 1. The molecule has 1 heterocycles. The Morgan fingerprint density at radius 3 is 2.86 bits per heavy atom. The number of carbonyl (C=O) groups is 1. The van der Waals surface area contributed by atoms with E-state index in [0.717, 1.165) is 32.1 Å². The van der Waals surface area contributed by atoms with Gasteiger partial charge in [-0.2, -0.15) is 0 Å². The minimum absolute atomic E-state index is 0.137. The van der Waals surface area contributed by atoms with Gasteiger partial charge in [-0.1, -0.05) is 32.0 Å². The van der Waals surface area contributed by atoms with Gasteiger partial charge in [0.2, 0.25) is 0 Å². The zero-order valence-corrected chi connectivity index (χ0v) is 13.7. The maximum absolute atomic E-state index is 11.6. The van der Waals surface area contributed by atoms with Crippen LogP contribution in [0.4, 0.5) is 0 Å². The van der Waals surface area contributed by atoms with Gasteiger partial charge in [0.15, 0.2) is 0 Å². The number of aliphatic carboxylic acids is 1. The first-order chi connectivity index (χ1) is 9.94. The van der Waals surface area contributed by atoms with Crippen molar-refractivity contribution in [2.75, 3.05) is 0 Å². The molecule has 1 saturated carbocycles. The number of fused-ring (bicyclic) bond motifs is 1. The summed E-state index contributed by atoms with van der Waals surface area (Å²) < 4.78 is 0. The summed E-state index contributed by atoms with van der Waals surface area (Å²) in [5.41, 5.74) is 1.74. The van der Waals surface area contributed by atoms with Crippen LogP contribution < -0.4 is 0 Å². The summed E-state index contributed by atoms with van der Waals surface area (Å²) in [7, 11) is 0. The van der Waals surface area contributed by atoms with Crippen molar-refractivity contribution in [1.82, 2.24) is 0 Å². The summed E-state index contributed by atoms with van der Waals surface area (Å²) in [6, 6.07) is 8.60. The van der Waals surface area contributed by atoms with Crippen LogP contribution in [0.25, 0.3) is 0 Å². The predicted octanol–water partition coefficient (Wildman–Crippen LogP) is 4.62. The molecule has 1 N–H and O–H groups in total. The van der Waals surface area contributed by atoms with Gasteiger partial charge >= 0.3 is 5.97 Å². The standard InChI is InChI=1S/C18H24O2S/c1-18(2)8-7-15(17(19)20)13(11-18)10-14-9-12-5-3-4-6-16(12)21-14/h3-6,13-15H,7-11H2,1-2H3,(H,19,20). The Morgan fingerprint density at radius 1 is 1.38 bits per heavy atom. The molecule has 1 aromatic rings. The molecular formula is C18H24O2S. The Hall–Kier alpha value is -0.960. The second-order valence-electron chi connectivity index (χ2n) is 7.40. The zero-order valence-electron chi connectivity index (χ0n) is 12.8. The molecule has 2 nitrogen and oxygen atoms in total. The molecule has 0 amide bonds. The van der Waals surface area contributed by atoms with Crippen molar-refractivity contribution in [2.45, 2.75) is 56.1 Å². The third-order valence-corrected chi connectivity index (χ3v) is 6.46. The summed E-state index contributed by atoms with van der Waals surface area (Å²) >= 11 is 1.95. The number of carboxylic acid groups (broad SMARTS) is 1. The second kappa shape index (κ2) is 5.68. The highest BCUT2D eigenvalue weighted by molar-refractivity contribution is 8.00. The molecule has 3 unspecified atom stereocenters. The van der Waals surface area contributed by atoms with Crippen LogP contribution in [-0.2, 0) is 11.2 Å². The molecule has 0 bridgehead atoms. The SMILES string of the molecule is CC1(C)CCC(C(=O)O)C(CC2Cc3ccccc3S2)C1. The molecule has 2 aliphatic rings. The molecule has 3 heteroatoms. The van der Waals surface area contributed by atoms with Gasteiger partial charge < -0.3 is 5.11 Å². The molecule has 0 spiro atoms. The normalized spacial score (nSPS) is 30.9. The Bertz CT molecular complexity index is 513. The van der Waals surface area contributed by atoms with Crippen molar-refractivity contribution in [3.05, 3.63) is 29.8 Å². The van der Waals surface area contributed by atoms with Crippen LogP contribution >= 0.6 is 11.8 Å². The van der Waals surface area contributed by atoms with E-state index in [0.29, 0.717) is 16.6 Å². The predicted molar refractivity (Wildman–Crippen MR) is 86.7 cm³/mol. The van der Waals surface area contributed by atoms with Crippen LogP contribution in [0.5, 0.6) is 0 Å². The fourth-order valence-electron chi connectivity index (χ4n) is 4.03. The van der Waals surface area contributed by atoms with Crippen molar-refractivity contribution in [1.29, 1.82) is 0 Å². The van der Waals surface area contributed by atoms with Gasteiger partial charge in [0.1, 0.15) is 0 Å². The van der Waals surface area contributed by atoms with Gasteiger partial charge in [-0.3, -0.25) is 4.79 Å². The monoisotopic (exact) mass is 304 g/mol. The Morgan fingerprint density at radius 2 is 2.14 bits per heavy atom. The van der Waals surface area contributed by atoms with Gasteiger partial charge in [0.05, 0.1) is 5.92 Å². The van der Waals surface area contributed by atoms with E-state index in [9.17, 15) is 9.90 Å². The number of rotatable bonds is 3. The Balaban J connectivity index is 1.69. The van der Waals surface area contributed by atoms with Gasteiger partial charge in [-0.15, -0.1) is 11.8 Å². The molecule has 0 aromatic heterocycles. The molecule has 114 valence electrons. The van der Waals surface area contributed by atoms with Crippen molar-refractivity contribution < 1.29 is 9.90 Å². The van der Waals surface area contributed by atoms with Crippen LogP contribution in [0.15, 0.2) is 29.2 Å². The highest BCUT2D eigenvalue weighted by Gasteiger charge is 2.40. The first kappa shape index (κ1) is 15.0. The minimum atomic E-state index is -0.587. The third-order valence-electron chi connectivity index (χ3n) is 5.11. The van der Waals surface area contributed by atoms with Crippen molar-refractivity contribution in [3.63, 3.8) is 0 Å². The lowest BCUT2D eigenvalue weighted by Gasteiger charge is -2.40. The first-order valence-corrected chi connectivity index (χ1v) is 8.80. The van der Waals surface area contributed by atoms with Gasteiger partial charge in [0, 0.05) is 10.1 Å². The largest absolute Gasteiger partial charge is 0.481 e. The highest BCUT2D eigenvalue weighted by Crippen LogP contribution is 2.47. The highest BCUT2D eigenvalue weighted by atomic mass is 32.2. The minimum Gasteiger partial charge on any atom is -0.481 e. The Kier molecular flexibility index (Phi) is 4.04. The molecule has 1 aliphatic heterocycles. The number of hydrogen-bond acceptors (Lipinski definition) is 2. The van der Waals surface area contributed by atoms with Gasteiger partial charge in [-0.05, 0) is 55.1 Å². The molecule has 3 atom stereocenters.